The van der Waals surface area contributed by atoms with Gasteiger partial charge in [0.05, 0.1) is 0 Å². The Labute approximate surface area is 98.3 Å². The zero-order valence-corrected chi connectivity index (χ0v) is 10.5. The van der Waals surface area contributed by atoms with E-state index in [2.05, 4.69) is 13.8 Å². The monoisotopic (exact) mass is 219 g/mol. The highest BCUT2D eigenvalue weighted by atomic mass is 16.2. The number of carbonyl (C=O) groups excluding carboxylic acids is 1. The van der Waals surface area contributed by atoms with E-state index >= 15 is 0 Å². The quantitative estimate of drug-likeness (QED) is 0.745. The van der Waals surface area contributed by atoms with Gasteiger partial charge in [0.1, 0.15) is 0 Å². The molecule has 0 unspecified atom stereocenters. The van der Waals surface area contributed by atoms with Crippen molar-refractivity contribution in [3.8, 4) is 0 Å². The second-order valence-electron chi connectivity index (χ2n) is 4.13. The smallest absolute Gasteiger partial charge is 0.253 e. The molecule has 0 aromatic heterocycles. The highest BCUT2D eigenvalue weighted by molar-refractivity contribution is 5.94. The fraction of sp³-hybridized carbons (Fsp3) is 0.500. The summed E-state index contributed by atoms with van der Waals surface area (Å²) >= 11 is 0. The molecule has 2 nitrogen and oxygen atoms in total. The summed E-state index contributed by atoms with van der Waals surface area (Å²) in [6.07, 6.45) is 3.20. The first-order valence-electron chi connectivity index (χ1n) is 6.03. The number of amides is 1. The molecule has 0 fully saturated rings. The Kier molecular flexibility index (Phi) is 5.03. The number of unbranched alkanes of at least 4 members (excludes halogenated alkanes) is 1. The summed E-state index contributed by atoms with van der Waals surface area (Å²) in [4.78, 5) is 13.8. The number of aryl methyl sites for hydroxylation is 1. The molecule has 0 aliphatic rings. The molecule has 0 radical (unpaired) electrons. The van der Waals surface area contributed by atoms with E-state index in [-0.39, 0.29) is 5.91 Å². The van der Waals surface area contributed by atoms with Crippen molar-refractivity contribution < 1.29 is 4.79 Å². The second kappa shape index (κ2) is 6.31. The molecular formula is C14H21NO. The van der Waals surface area contributed by atoms with Crippen molar-refractivity contribution in [3.63, 3.8) is 0 Å². The van der Waals surface area contributed by atoms with Crippen molar-refractivity contribution in [2.75, 3.05) is 13.6 Å². The fourth-order valence-corrected chi connectivity index (χ4v) is 1.60. The average Bonchev–Trinajstić information content (AvgIpc) is 2.35. The molecule has 0 N–H and O–H groups in total. The summed E-state index contributed by atoms with van der Waals surface area (Å²) < 4.78 is 0. The van der Waals surface area contributed by atoms with Crippen LogP contribution in [0.15, 0.2) is 24.3 Å². The van der Waals surface area contributed by atoms with Gasteiger partial charge >= 0.3 is 0 Å². The molecule has 1 aromatic carbocycles. The van der Waals surface area contributed by atoms with E-state index in [4.69, 9.17) is 0 Å². The highest BCUT2D eigenvalue weighted by Crippen LogP contribution is 2.08. The summed E-state index contributed by atoms with van der Waals surface area (Å²) in [5.74, 6) is 0.121. The molecular weight excluding hydrogens is 198 g/mol. The number of hydrogen-bond donors (Lipinski definition) is 0. The Balaban J connectivity index is 2.64. The molecule has 16 heavy (non-hydrogen) atoms. The van der Waals surface area contributed by atoms with Gasteiger partial charge in [-0.05, 0) is 30.5 Å². The minimum absolute atomic E-state index is 0.121. The number of hydrogen-bond acceptors (Lipinski definition) is 1. The predicted octanol–water partition coefficient (Wildman–Crippen LogP) is 3.12. The van der Waals surface area contributed by atoms with Gasteiger partial charge in [0.25, 0.3) is 5.91 Å². The first-order valence-corrected chi connectivity index (χ1v) is 6.03. The molecule has 2 heteroatoms. The van der Waals surface area contributed by atoms with Crippen LogP contribution >= 0.6 is 0 Å². The van der Waals surface area contributed by atoms with Crippen LogP contribution in [0.5, 0.6) is 0 Å². The van der Waals surface area contributed by atoms with Gasteiger partial charge in [-0.1, -0.05) is 32.4 Å². The standard InChI is InChI=1S/C14H21NO/c1-4-6-11-15(3)14(16)13-9-7-12(5-2)8-10-13/h7-10H,4-6,11H2,1-3H3. The topological polar surface area (TPSA) is 20.3 Å². The molecule has 88 valence electrons. The molecule has 0 aliphatic carbocycles. The van der Waals surface area contributed by atoms with Crippen LogP contribution in [0.1, 0.15) is 42.6 Å². The van der Waals surface area contributed by atoms with E-state index in [1.165, 1.54) is 5.56 Å². The van der Waals surface area contributed by atoms with Gasteiger partial charge < -0.3 is 4.90 Å². The van der Waals surface area contributed by atoms with Crippen molar-refractivity contribution in [1.29, 1.82) is 0 Å². The SMILES string of the molecule is CCCCN(C)C(=O)c1ccc(CC)cc1. The van der Waals surface area contributed by atoms with Crippen molar-refractivity contribution in [2.45, 2.75) is 33.1 Å². The van der Waals surface area contributed by atoms with Gasteiger partial charge in [-0.25, -0.2) is 0 Å². The predicted molar refractivity (Wildman–Crippen MR) is 67.7 cm³/mol. The van der Waals surface area contributed by atoms with Gasteiger partial charge in [-0.2, -0.15) is 0 Å². The minimum atomic E-state index is 0.121. The van der Waals surface area contributed by atoms with Crippen LogP contribution in [-0.2, 0) is 6.42 Å². The number of nitrogens with zero attached hydrogens (tertiary/aromatic N) is 1. The van der Waals surface area contributed by atoms with Gasteiger partial charge in [0.15, 0.2) is 0 Å². The Bertz CT molecular complexity index is 329. The van der Waals surface area contributed by atoms with Crippen LogP contribution < -0.4 is 0 Å². The van der Waals surface area contributed by atoms with E-state index in [9.17, 15) is 4.79 Å². The molecule has 0 aliphatic heterocycles. The molecule has 1 aromatic rings. The Hall–Kier alpha value is -1.31. The number of rotatable bonds is 5. The van der Waals surface area contributed by atoms with Gasteiger partial charge in [0, 0.05) is 19.2 Å². The fourth-order valence-electron chi connectivity index (χ4n) is 1.60. The van der Waals surface area contributed by atoms with E-state index in [0.717, 1.165) is 31.4 Å². The highest BCUT2D eigenvalue weighted by Gasteiger charge is 2.10. The molecule has 0 saturated carbocycles. The summed E-state index contributed by atoms with van der Waals surface area (Å²) in [5, 5.41) is 0. The van der Waals surface area contributed by atoms with Gasteiger partial charge in [-0.3, -0.25) is 4.79 Å². The lowest BCUT2D eigenvalue weighted by molar-refractivity contribution is 0.0793. The Morgan fingerprint density at radius 1 is 1.19 bits per heavy atom. The Morgan fingerprint density at radius 2 is 1.81 bits per heavy atom. The van der Waals surface area contributed by atoms with E-state index in [0.29, 0.717) is 0 Å². The van der Waals surface area contributed by atoms with E-state index in [1.54, 1.807) is 4.90 Å². The molecule has 1 rings (SSSR count). The molecule has 0 atom stereocenters. The lowest BCUT2D eigenvalue weighted by Crippen LogP contribution is -2.27. The lowest BCUT2D eigenvalue weighted by atomic mass is 10.1. The molecule has 0 saturated heterocycles. The summed E-state index contributed by atoms with van der Waals surface area (Å²) in [7, 11) is 1.87. The molecule has 0 heterocycles. The van der Waals surface area contributed by atoms with Crippen molar-refractivity contribution >= 4 is 5.91 Å². The third-order valence-corrected chi connectivity index (χ3v) is 2.80. The lowest BCUT2D eigenvalue weighted by Gasteiger charge is -2.16. The summed E-state index contributed by atoms with van der Waals surface area (Å²) in [5.41, 5.74) is 2.06. The zero-order valence-electron chi connectivity index (χ0n) is 10.5. The first kappa shape index (κ1) is 12.8. The minimum Gasteiger partial charge on any atom is -0.342 e. The van der Waals surface area contributed by atoms with E-state index < -0.39 is 0 Å². The molecule has 0 spiro atoms. The maximum Gasteiger partial charge on any atom is 0.253 e. The number of carbonyl (C=O) groups is 1. The van der Waals surface area contributed by atoms with Gasteiger partial charge in [0.2, 0.25) is 0 Å². The Morgan fingerprint density at radius 3 is 2.31 bits per heavy atom. The first-order chi connectivity index (χ1) is 7.69. The van der Waals surface area contributed by atoms with Crippen LogP contribution in [0.25, 0.3) is 0 Å². The van der Waals surface area contributed by atoms with Crippen molar-refractivity contribution in [2.24, 2.45) is 0 Å². The average molecular weight is 219 g/mol. The summed E-state index contributed by atoms with van der Waals surface area (Å²) in [6.45, 7) is 5.09. The van der Waals surface area contributed by atoms with Gasteiger partial charge in [-0.15, -0.1) is 0 Å². The van der Waals surface area contributed by atoms with Crippen LogP contribution in [-0.4, -0.2) is 24.4 Å². The normalized spacial score (nSPS) is 10.2. The van der Waals surface area contributed by atoms with Crippen molar-refractivity contribution in [3.05, 3.63) is 35.4 Å². The van der Waals surface area contributed by atoms with Crippen LogP contribution in [0.3, 0.4) is 0 Å². The third-order valence-electron chi connectivity index (χ3n) is 2.80. The van der Waals surface area contributed by atoms with Crippen LogP contribution in [0, 0.1) is 0 Å². The molecule has 1 amide bonds. The maximum atomic E-state index is 12.0. The van der Waals surface area contributed by atoms with Crippen LogP contribution in [0.4, 0.5) is 0 Å². The maximum absolute atomic E-state index is 12.0. The van der Waals surface area contributed by atoms with Crippen molar-refractivity contribution in [1.82, 2.24) is 4.90 Å². The third kappa shape index (κ3) is 3.37. The van der Waals surface area contributed by atoms with Crippen LogP contribution in [0.2, 0.25) is 0 Å². The summed E-state index contributed by atoms with van der Waals surface area (Å²) in [6, 6.07) is 7.90. The molecule has 0 bridgehead atoms. The van der Waals surface area contributed by atoms with E-state index in [1.807, 2.05) is 31.3 Å². The second-order valence-corrected chi connectivity index (χ2v) is 4.13. The zero-order chi connectivity index (χ0) is 12.0. The number of benzene rings is 1. The largest absolute Gasteiger partial charge is 0.342 e.